The lowest BCUT2D eigenvalue weighted by atomic mass is 9.93. The second kappa shape index (κ2) is 14.0. The molecule has 1 aliphatic heterocycles. The molecule has 5 rings (SSSR count). The van der Waals surface area contributed by atoms with Gasteiger partial charge < -0.3 is 14.2 Å². The quantitative estimate of drug-likeness (QED) is 0.168. The molecule has 1 aromatic heterocycles. The minimum atomic E-state index is -0.877. The fraction of sp³-hybridized carbons (Fsp3) is 0.242. The summed E-state index contributed by atoms with van der Waals surface area (Å²) in [5.74, 6) is 0.442. The number of halogens is 3. The monoisotopic (exact) mass is 670 g/mol. The Morgan fingerprint density at radius 3 is 2.45 bits per heavy atom. The van der Waals surface area contributed by atoms with Gasteiger partial charge in [0.25, 0.3) is 5.56 Å². The average molecular weight is 672 g/mol. The van der Waals surface area contributed by atoms with Crippen LogP contribution in [0.3, 0.4) is 0 Å². The molecular formula is C33H29Cl3N2O5S. The number of allylic oxidation sites excluding steroid dienone is 1. The molecule has 0 bridgehead atoms. The first-order chi connectivity index (χ1) is 21.2. The van der Waals surface area contributed by atoms with Gasteiger partial charge in [0.15, 0.2) is 4.80 Å². The molecule has 44 heavy (non-hydrogen) atoms. The summed E-state index contributed by atoms with van der Waals surface area (Å²) in [4.78, 5) is 33.0. The number of esters is 1. The summed E-state index contributed by atoms with van der Waals surface area (Å²) in [5.41, 5.74) is 2.45. The van der Waals surface area contributed by atoms with Crippen LogP contribution in [0.25, 0.3) is 6.08 Å². The predicted molar refractivity (Wildman–Crippen MR) is 175 cm³/mol. The molecule has 0 radical (unpaired) electrons. The Balaban J connectivity index is 1.70. The van der Waals surface area contributed by atoms with Gasteiger partial charge in [0, 0.05) is 31.8 Å². The maximum absolute atomic E-state index is 14.2. The number of aromatic nitrogens is 1. The fourth-order valence-electron chi connectivity index (χ4n) is 5.01. The molecule has 0 unspecified atom stereocenters. The van der Waals surface area contributed by atoms with Crippen LogP contribution in [0.4, 0.5) is 0 Å². The van der Waals surface area contributed by atoms with Crippen molar-refractivity contribution in [2.45, 2.75) is 39.3 Å². The van der Waals surface area contributed by atoms with Crippen molar-refractivity contribution in [3.05, 3.63) is 123 Å². The van der Waals surface area contributed by atoms with Gasteiger partial charge in [0.2, 0.25) is 0 Å². The van der Waals surface area contributed by atoms with E-state index in [2.05, 4.69) is 0 Å². The third kappa shape index (κ3) is 6.59. The Morgan fingerprint density at radius 2 is 1.75 bits per heavy atom. The van der Waals surface area contributed by atoms with Gasteiger partial charge in [-0.1, -0.05) is 77.7 Å². The summed E-state index contributed by atoms with van der Waals surface area (Å²) in [6.07, 6.45) is 2.95. The molecule has 4 aromatic rings. The molecule has 0 saturated heterocycles. The van der Waals surface area contributed by atoms with Gasteiger partial charge in [-0.3, -0.25) is 9.36 Å². The lowest BCUT2D eigenvalue weighted by Gasteiger charge is -2.27. The fourth-order valence-corrected chi connectivity index (χ4v) is 6.57. The van der Waals surface area contributed by atoms with Gasteiger partial charge in [-0.2, -0.15) is 0 Å². The van der Waals surface area contributed by atoms with Gasteiger partial charge >= 0.3 is 5.97 Å². The Labute approximate surface area is 273 Å². The first-order valence-electron chi connectivity index (χ1n) is 14.0. The highest BCUT2D eigenvalue weighted by molar-refractivity contribution is 7.07. The molecule has 0 amide bonds. The average Bonchev–Trinajstić information content (AvgIpc) is 3.31. The van der Waals surface area contributed by atoms with Crippen LogP contribution in [-0.4, -0.2) is 24.3 Å². The van der Waals surface area contributed by atoms with Gasteiger partial charge in [0.1, 0.15) is 24.1 Å². The number of hydrogen-bond acceptors (Lipinski definition) is 7. The SMILES string of the molecule is CCCC1=C(C(=O)OCC)[C@H](c2cc(Cl)ccc2OC)n2c(s/c(=C/c3cc(Cl)ccc3OCc3ccccc3Cl)c2=O)=N1. The number of rotatable bonds is 10. The molecule has 0 spiro atoms. The van der Waals surface area contributed by atoms with E-state index in [-0.39, 0.29) is 24.3 Å². The Morgan fingerprint density at radius 1 is 1.02 bits per heavy atom. The van der Waals surface area contributed by atoms with Gasteiger partial charge in [-0.05, 0) is 61.9 Å². The Bertz CT molecular complexity index is 1930. The van der Waals surface area contributed by atoms with Crippen molar-refractivity contribution < 1.29 is 19.0 Å². The highest BCUT2D eigenvalue weighted by atomic mass is 35.5. The Hall–Kier alpha value is -3.56. The molecule has 7 nitrogen and oxygen atoms in total. The summed E-state index contributed by atoms with van der Waals surface area (Å²) in [5, 5.41) is 1.50. The largest absolute Gasteiger partial charge is 0.496 e. The second-order valence-corrected chi connectivity index (χ2v) is 12.2. The molecule has 2 heterocycles. The summed E-state index contributed by atoms with van der Waals surface area (Å²) in [6.45, 7) is 4.12. The zero-order chi connectivity index (χ0) is 31.4. The molecule has 228 valence electrons. The lowest BCUT2D eigenvalue weighted by molar-refractivity contribution is -0.139. The number of thiazole rings is 1. The molecule has 11 heteroatoms. The van der Waals surface area contributed by atoms with Crippen LogP contribution < -0.4 is 24.4 Å². The first-order valence-corrected chi connectivity index (χ1v) is 15.9. The number of carbonyl (C=O) groups is 1. The number of methoxy groups -OCH3 is 1. The number of fused-ring (bicyclic) bond motifs is 1. The minimum Gasteiger partial charge on any atom is -0.496 e. The van der Waals surface area contributed by atoms with E-state index in [0.29, 0.717) is 59.1 Å². The Kier molecular flexibility index (Phi) is 10.2. The van der Waals surface area contributed by atoms with Crippen molar-refractivity contribution in [3.8, 4) is 11.5 Å². The van der Waals surface area contributed by atoms with Crippen LogP contribution in [-0.2, 0) is 16.1 Å². The molecule has 3 aromatic carbocycles. The van der Waals surface area contributed by atoms with E-state index in [4.69, 9.17) is 54.0 Å². The third-order valence-corrected chi connectivity index (χ3v) is 8.80. The van der Waals surface area contributed by atoms with E-state index in [1.54, 1.807) is 55.5 Å². The molecule has 0 N–H and O–H groups in total. The van der Waals surface area contributed by atoms with E-state index in [0.717, 1.165) is 12.0 Å². The number of benzene rings is 3. The maximum Gasteiger partial charge on any atom is 0.338 e. The predicted octanol–water partition coefficient (Wildman–Crippen LogP) is 7.13. The number of hydrogen-bond donors (Lipinski definition) is 0. The number of nitrogens with zero attached hydrogens (tertiary/aromatic N) is 2. The zero-order valence-corrected chi connectivity index (χ0v) is 27.3. The molecule has 1 aliphatic rings. The van der Waals surface area contributed by atoms with Crippen molar-refractivity contribution in [1.29, 1.82) is 0 Å². The minimum absolute atomic E-state index is 0.164. The van der Waals surface area contributed by atoms with Crippen LogP contribution in [0.2, 0.25) is 15.1 Å². The van der Waals surface area contributed by atoms with Crippen LogP contribution in [0.5, 0.6) is 11.5 Å². The van der Waals surface area contributed by atoms with Crippen molar-refractivity contribution in [2.75, 3.05) is 13.7 Å². The van der Waals surface area contributed by atoms with Crippen LogP contribution in [0.1, 0.15) is 49.4 Å². The van der Waals surface area contributed by atoms with E-state index < -0.39 is 12.0 Å². The summed E-state index contributed by atoms with van der Waals surface area (Å²) >= 11 is 20.4. The highest BCUT2D eigenvalue weighted by Gasteiger charge is 2.36. The van der Waals surface area contributed by atoms with Crippen molar-refractivity contribution in [3.63, 3.8) is 0 Å². The smallest absolute Gasteiger partial charge is 0.338 e. The van der Waals surface area contributed by atoms with Gasteiger partial charge in [0.05, 0.1) is 29.5 Å². The summed E-state index contributed by atoms with van der Waals surface area (Å²) < 4.78 is 19.2. The first kappa shape index (κ1) is 31.9. The third-order valence-electron chi connectivity index (χ3n) is 6.98. The highest BCUT2D eigenvalue weighted by Crippen LogP contribution is 2.38. The maximum atomic E-state index is 14.2. The van der Waals surface area contributed by atoms with Crippen molar-refractivity contribution in [1.82, 2.24) is 4.57 Å². The molecule has 0 aliphatic carbocycles. The van der Waals surface area contributed by atoms with Gasteiger partial charge in [-0.15, -0.1) is 0 Å². The van der Waals surface area contributed by atoms with Crippen molar-refractivity contribution >= 4 is 58.2 Å². The van der Waals surface area contributed by atoms with E-state index in [1.807, 2.05) is 25.1 Å². The number of ether oxygens (including phenoxy) is 3. The van der Waals surface area contributed by atoms with E-state index in [9.17, 15) is 9.59 Å². The standard InChI is InChI=1S/C33H29Cl3N2O5S/c1-4-8-25-29(32(40)42-5-2)30(23-17-22(35)12-14-27(23)41-3)38-31(39)28(44-33(38)37-25)16-20-15-21(34)11-13-26(20)43-18-19-9-6-7-10-24(19)36/h6-7,9-17,30H,4-5,8,18H2,1-3H3/b28-16+/t30-/m0/s1. The van der Waals surface area contributed by atoms with Crippen LogP contribution in [0, 0.1) is 0 Å². The molecule has 1 atom stereocenters. The molecular weight excluding hydrogens is 643 g/mol. The molecule has 0 fully saturated rings. The lowest BCUT2D eigenvalue weighted by Crippen LogP contribution is -2.40. The second-order valence-electron chi connectivity index (χ2n) is 9.86. The zero-order valence-electron chi connectivity index (χ0n) is 24.2. The van der Waals surface area contributed by atoms with E-state index >= 15 is 0 Å². The molecule has 0 saturated carbocycles. The van der Waals surface area contributed by atoms with Crippen LogP contribution in [0.15, 0.2) is 81.7 Å². The summed E-state index contributed by atoms with van der Waals surface area (Å²) in [6, 6.07) is 16.8. The van der Waals surface area contributed by atoms with E-state index in [1.165, 1.54) is 23.0 Å². The van der Waals surface area contributed by atoms with Crippen LogP contribution >= 0.6 is 46.1 Å². The summed E-state index contributed by atoms with van der Waals surface area (Å²) in [7, 11) is 1.53. The normalized spacial score (nSPS) is 14.7. The van der Waals surface area contributed by atoms with Crippen molar-refractivity contribution in [2.24, 2.45) is 4.99 Å². The number of carbonyl (C=O) groups excluding carboxylic acids is 1. The van der Waals surface area contributed by atoms with Gasteiger partial charge in [-0.25, -0.2) is 9.79 Å². The topological polar surface area (TPSA) is 79.1 Å².